The normalized spacial score (nSPS) is 14.5. The summed E-state index contributed by atoms with van der Waals surface area (Å²) >= 11 is 0. The van der Waals surface area contributed by atoms with Crippen molar-refractivity contribution in [2.45, 2.75) is 10.8 Å². The third-order valence-electron chi connectivity index (χ3n) is 17.2. The molecular formula is C79H55N3. The molecule has 0 aromatic heterocycles. The van der Waals surface area contributed by atoms with E-state index < -0.39 is 10.8 Å². The minimum Gasteiger partial charge on any atom is -0.352 e. The van der Waals surface area contributed by atoms with Crippen molar-refractivity contribution in [3.63, 3.8) is 0 Å². The van der Waals surface area contributed by atoms with Gasteiger partial charge in [0.15, 0.2) is 0 Å². The highest BCUT2D eigenvalue weighted by Crippen LogP contribution is 2.60. The molecule has 0 bridgehead atoms. The van der Waals surface area contributed by atoms with Crippen molar-refractivity contribution in [3.8, 4) is 22.3 Å². The third kappa shape index (κ3) is 7.47. The van der Waals surface area contributed by atoms with Gasteiger partial charge in [0.1, 0.15) is 0 Å². The van der Waals surface area contributed by atoms with Crippen molar-refractivity contribution in [1.29, 1.82) is 5.41 Å². The molecule has 1 aliphatic heterocycles. The summed E-state index contributed by atoms with van der Waals surface area (Å²) in [5, 5.41) is 14.4. The van der Waals surface area contributed by atoms with Gasteiger partial charge in [-0.1, -0.05) is 297 Å². The van der Waals surface area contributed by atoms with Crippen LogP contribution in [-0.4, -0.2) is 5.71 Å². The molecule has 3 nitrogen and oxygen atoms in total. The Morgan fingerprint density at radius 2 is 0.646 bits per heavy atom. The zero-order valence-electron chi connectivity index (χ0n) is 45.0. The minimum atomic E-state index is -0.650. The highest BCUT2D eigenvalue weighted by atomic mass is 15.2. The van der Waals surface area contributed by atoms with E-state index in [0.29, 0.717) is 5.71 Å². The van der Waals surface area contributed by atoms with E-state index in [2.05, 4.69) is 295 Å². The second-order valence-corrected chi connectivity index (χ2v) is 21.5. The number of hydrogen-bond acceptors (Lipinski definition) is 3. The van der Waals surface area contributed by atoms with Crippen molar-refractivity contribution < 1.29 is 0 Å². The Labute approximate surface area is 479 Å². The van der Waals surface area contributed by atoms with E-state index in [1.807, 2.05) is 36.4 Å². The van der Waals surface area contributed by atoms with Crippen LogP contribution in [-0.2, 0) is 10.8 Å². The van der Waals surface area contributed by atoms with Crippen LogP contribution in [0.5, 0.6) is 0 Å². The summed E-state index contributed by atoms with van der Waals surface area (Å²) in [6.45, 7) is 0. The fraction of sp³-hybridized carbons (Fsp3) is 0.0253. The number of nitrogens with zero attached hydrogens (tertiary/aromatic N) is 1. The Bertz CT molecular complexity index is 4190. The molecule has 0 saturated carbocycles. The first kappa shape index (κ1) is 48.5. The molecule has 0 atom stereocenters. The van der Waals surface area contributed by atoms with Gasteiger partial charge in [-0.05, 0) is 96.6 Å². The second-order valence-electron chi connectivity index (χ2n) is 21.5. The lowest BCUT2D eigenvalue weighted by molar-refractivity contribution is 0.767. The Kier molecular flexibility index (Phi) is 11.8. The number of rotatable bonds is 11. The molecule has 0 amide bonds. The summed E-state index contributed by atoms with van der Waals surface area (Å²) in [6, 6.07) is 117. The number of allylic oxidation sites excluding steroid dienone is 1. The molecule has 0 fully saturated rings. The smallest absolute Gasteiger partial charge is 0.0782 e. The second kappa shape index (κ2) is 19.9. The molecule has 2 N–H and O–H groups in total. The molecule has 0 unspecified atom stereocenters. The van der Waals surface area contributed by atoms with Crippen LogP contribution in [0.25, 0.3) is 44.9 Å². The Morgan fingerprint density at radius 1 is 0.305 bits per heavy atom. The molecule has 386 valence electrons. The summed E-state index contributed by atoms with van der Waals surface area (Å²) in [5.74, 6) is 0. The van der Waals surface area contributed by atoms with E-state index in [4.69, 9.17) is 0 Å². The Hall–Kier alpha value is -10.6. The average molecular weight is 1050 g/mol. The number of anilines is 2. The maximum absolute atomic E-state index is 10.2. The predicted octanol–water partition coefficient (Wildman–Crippen LogP) is 18.6. The molecular weight excluding hydrogens is 991 g/mol. The lowest BCUT2D eigenvalue weighted by atomic mass is 9.67. The van der Waals surface area contributed by atoms with Gasteiger partial charge in [0, 0.05) is 39.2 Å². The first-order valence-corrected chi connectivity index (χ1v) is 28.3. The standard InChI is InChI=1S/C79H55N3/c80-74(55-30-10-2-11-31-55)73(54-28-8-1-9-29-54)76-67-44-22-23-45-68(67)77(75(81-76)56-32-12-3-13-33-56)82(61-48-50-65-63-42-24-26-46-69(63)78(71(65)52-61,57-34-14-4-15-35-57)58-36-16-5-17-37-58)62-49-51-66-64-43-25-27-47-70(64)79(72(66)53-62,59-38-18-6-19-39-59)60-40-20-7-21-41-60/h1-53,80-81H/b76-73-,80-74?. The zero-order chi connectivity index (χ0) is 54.6. The lowest BCUT2D eigenvalue weighted by Gasteiger charge is -2.39. The van der Waals surface area contributed by atoms with E-state index in [9.17, 15) is 5.41 Å². The summed E-state index contributed by atoms with van der Waals surface area (Å²) in [7, 11) is 0. The Morgan fingerprint density at radius 3 is 1.09 bits per heavy atom. The van der Waals surface area contributed by atoms with Crippen molar-refractivity contribution >= 4 is 39.8 Å². The molecule has 3 heteroatoms. The molecule has 0 radical (unpaired) electrons. The minimum absolute atomic E-state index is 0.435. The van der Waals surface area contributed by atoms with Crippen LogP contribution >= 0.6 is 0 Å². The van der Waals surface area contributed by atoms with Gasteiger partial charge in [-0.15, -0.1) is 0 Å². The van der Waals surface area contributed by atoms with Crippen molar-refractivity contribution in [1.82, 2.24) is 5.32 Å². The monoisotopic (exact) mass is 1050 g/mol. The van der Waals surface area contributed by atoms with Gasteiger partial charge in [0.2, 0.25) is 0 Å². The summed E-state index contributed by atoms with van der Waals surface area (Å²) < 4.78 is 0. The van der Waals surface area contributed by atoms with Crippen LogP contribution in [0.4, 0.5) is 11.4 Å². The summed E-state index contributed by atoms with van der Waals surface area (Å²) in [6.07, 6.45) is 0. The fourth-order valence-electron chi connectivity index (χ4n) is 13.9. The van der Waals surface area contributed by atoms with E-state index in [1.165, 1.54) is 66.8 Å². The van der Waals surface area contributed by atoms with Gasteiger partial charge in [-0.3, -0.25) is 5.41 Å². The molecule has 1 heterocycles. The summed E-state index contributed by atoms with van der Waals surface area (Å²) in [4.78, 5) is 2.53. The SMILES string of the molecule is N=C(/C(=C1\NC(c2ccccc2)=C(N(c2ccc3c(c2)C(c2ccccc2)(c2ccccc2)c2ccccc2-3)c2ccc3c(c2)C(c2ccccc2)(c2ccccc2)c2ccccc2-3)c2ccccc21)c1ccccc1)c1ccccc1. The van der Waals surface area contributed by atoms with Crippen molar-refractivity contribution in [2.75, 3.05) is 4.90 Å². The van der Waals surface area contributed by atoms with Gasteiger partial charge in [-0.2, -0.15) is 0 Å². The number of hydrogen-bond donors (Lipinski definition) is 2. The van der Waals surface area contributed by atoms with Crippen LogP contribution < -0.4 is 10.2 Å². The summed E-state index contributed by atoms with van der Waals surface area (Å²) in [5.41, 5.74) is 24.2. The van der Waals surface area contributed by atoms with Gasteiger partial charge in [0.05, 0.1) is 33.6 Å². The third-order valence-corrected chi connectivity index (χ3v) is 17.2. The van der Waals surface area contributed by atoms with E-state index in [0.717, 1.165) is 61.9 Å². The van der Waals surface area contributed by atoms with Crippen LogP contribution in [0.1, 0.15) is 72.3 Å². The topological polar surface area (TPSA) is 39.1 Å². The predicted molar refractivity (Wildman–Crippen MR) is 339 cm³/mol. The first-order chi connectivity index (χ1) is 40.6. The van der Waals surface area contributed by atoms with Crippen LogP contribution in [0.15, 0.2) is 322 Å². The van der Waals surface area contributed by atoms with Crippen molar-refractivity contribution in [2.24, 2.45) is 0 Å². The Balaban J connectivity index is 1.07. The fourth-order valence-corrected chi connectivity index (χ4v) is 13.9. The molecule has 15 rings (SSSR count). The quantitative estimate of drug-likeness (QED) is 0.127. The molecule has 12 aromatic carbocycles. The maximum Gasteiger partial charge on any atom is 0.0782 e. The molecule has 2 aliphatic carbocycles. The van der Waals surface area contributed by atoms with E-state index in [1.54, 1.807) is 0 Å². The zero-order valence-corrected chi connectivity index (χ0v) is 45.0. The highest BCUT2D eigenvalue weighted by molar-refractivity contribution is 6.36. The van der Waals surface area contributed by atoms with Gasteiger partial charge >= 0.3 is 0 Å². The van der Waals surface area contributed by atoms with Crippen LogP contribution in [0, 0.1) is 5.41 Å². The van der Waals surface area contributed by atoms with Gasteiger partial charge < -0.3 is 10.2 Å². The molecule has 0 saturated heterocycles. The number of nitrogens with one attached hydrogen (secondary N) is 2. The average Bonchev–Trinajstić information content (AvgIpc) is 3.46. The molecule has 3 aliphatic rings. The molecule has 12 aromatic rings. The molecule has 82 heavy (non-hydrogen) atoms. The highest BCUT2D eigenvalue weighted by Gasteiger charge is 2.48. The largest absolute Gasteiger partial charge is 0.352 e. The van der Waals surface area contributed by atoms with E-state index >= 15 is 0 Å². The number of fused-ring (bicyclic) bond motifs is 7. The van der Waals surface area contributed by atoms with Crippen LogP contribution in [0.3, 0.4) is 0 Å². The van der Waals surface area contributed by atoms with Gasteiger partial charge in [0.25, 0.3) is 0 Å². The van der Waals surface area contributed by atoms with Crippen molar-refractivity contribution in [3.05, 3.63) is 394 Å². The maximum atomic E-state index is 10.2. The van der Waals surface area contributed by atoms with E-state index in [-0.39, 0.29) is 0 Å². The lowest BCUT2D eigenvalue weighted by Crippen LogP contribution is -2.31. The molecule has 0 spiro atoms. The first-order valence-electron chi connectivity index (χ1n) is 28.3. The van der Waals surface area contributed by atoms with Gasteiger partial charge in [-0.25, -0.2) is 0 Å². The number of benzene rings is 12. The van der Waals surface area contributed by atoms with Crippen LogP contribution in [0.2, 0.25) is 0 Å².